The van der Waals surface area contributed by atoms with Crippen LogP contribution < -0.4 is 10.4 Å². The summed E-state index contributed by atoms with van der Waals surface area (Å²) in [7, 11) is 0. The van der Waals surface area contributed by atoms with Gasteiger partial charge in [-0.3, -0.25) is 0 Å². The SMILES string of the molecule is C=C(C)C(=O)OCCCCc1cc(CCCCOC(=O)C(=C)C)c2oc(=O)c(-c3ccc(OC(=O)C(=C)C)cc3)cc2c1. The number of rotatable bonds is 15. The second-order valence-corrected chi connectivity index (χ2v) is 10.6. The molecular formula is C35H38O8. The first-order valence-electron chi connectivity index (χ1n) is 14.2. The summed E-state index contributed by atoms with van der Waals surface area (Å²) in [6, 6.07) is 12.5. The van der Waals surface area contributed by atoms with Gasteiger partial charge in [-0.25, -0.2) is 19.2 Å². The number of hydrogen-bond donors (Lipinski definition) is 0. The number of carbonyl (C=O) groups is 3. The van der Waals surface area contributed by atoms with Gasteiger partial charge in [-0.05, 0) is 100 Å². The second kappa shape index (κ2) is 15.5. The first-order valence-corrected chi connectivity index (χ1v) is 14.2. The van der Waals surface area contributed by atoms with Crippen LogP contribution in [0.25, 0.3) is 22.1 Å². The van der Waals surface area contributed by atoms with Gasteiger partial charge in [0.15, 0.2) is 0 Å². The number of hydrogen-bond acceptors (Lipinski definition) is 8. The van der Waals surface area contributed by atoms with Gasteiger partial charge >= 0.3 is 23.5 Å². The Labute approximate surface area is 251 Å². The number of unbranched alkanes of at least 4 members (excludes halogenated alkanes) is 2. The van der Waals surface area contributed by atoms with Gasteiger partial charge in [0, 0.05) is 22.1 Å². The van der Waals surface area contributed by atoms with Crippen LogP contribution in [0, 0.1) is 0 Å². The fourth-order valence-corrected chi connectivity index (χ4v) is 4.23. The van der Waals surface area contributed by atoms with Gasteiger partial charge in [0.25, 0.3) is 0 Å². The number of benzene rings is 2. The zero-order valence-corrected chi connectivity index (χ0v) is 25.1. The van der Waals surface area contributed by atoms with E-state index in [4.69, 9.17) is 18.6 Å². The van der Waals surface area contributed by atoms with Crippen LogP contribution in [0.4, 0.5) is 0 Å². The quantitative estimate of drug-likeness (QED) is 0.0627. The van der Waals surface area contributed by atoms with E-state index in [-0.39, 0.29) is 12.2 Å². The molecule has 0 radical (unpaired) electrons. The van der Waals surface area contributed by atoms with Crippen molar-refractivity contribution in [3.63, 3.8) is 0 Å². The summed E-state index contributed by atoms with van der Waals surface area (Å²) in [5, 5.41) is 0.780. The molecule has 3 rings (SSSR count). The molecule has 2 aromatic carbocycles. The predicted octanol–water partition coefficient (Wildman–Crippen LogP) is 6.83. The molecule has 0 aliphatic rings. The number of carbonyl (C=O) groups excluding carboxylic acids is 3. The number of esters is 3. The van der Waals surface area contributed by atoms with Gasteiger partial charge in [-0.2, -0.15) is 0 Å². The minimum absolute atomic E-state index is 0.276. The van der Waals surface area contributed by atoms with Gasteiger partial charge in [-0.1, -0.05) is 37.9 Å². The largest absolute Gasteiger partial charge is 0.462 e. The first-order chi connectivity index (χ1) is 20.5. The highest BCUT2D eigenvalue weighted by Gasteiger charge is 2.14. The van der Waals surface area contributed by atoms with E-state index in [9.17, 15) is 19.2 Å². The van der Waals surface area contributed by atoms with Gasteiger partial charge in [0.2, 0.25) is 0 Å². The van der Waals surface area contributed by atoms with Crippen LogP contribution in [0.3, 0.4) is 0 Å². The lowest BCUT2D eigenvalue weighted by Gasteiger charge is -2.12. The van der Waals surface area contributed by atoms with Crippen molar-refractivity contribution < 1.29 is 33.0 Å². The van der Waals surface area contributed by atoms with Gasteiger partial charge < -0.3 is 18.6 Å². The molecule has 0 bridgehead atoms. The molecule has 0 aliphatic carbocycles. The Morgan fingerprint density at radius 3 is 1.84 bits per heavy atom. The fourth-order valence-electron chi connectivity index (χ4n) is 4.23. The lowest BCUT2D eigenvalue weighted by Crippen LogP contribution is -2.08. The van der Waals surface area contributed by atoms with Crippen molar-refractivity contribution in [1.82, 2.24) is 0 Å². The zero-order valence-electron chi connectivity index (χ0n) is 25.1. The van der Waals surface area contributed by atoms with Crippen LogP contribution in [-0.2, 0) is 36.7 Å². The highest BCUT2D eigenvalue weighted by Crippen LogP contribution is 2.28. The van der Waals surface area contributed by atoms with Crippen LogP contribution in [-0.4, -0.2) is 31.1 Å². The Morgan fingerprint density at radius 2 is 1.28 bits per heavy atom. The van der Waals surface area contributed by atoms with Crippen LogP contribution in [0.2, 0.25) is 0 Å². The Hall–Kier alpha value is -4.72. The third-order valence-corrected chi connectivity index (χ3v) is 6.56. The molecule has 3 aromatic rings. The van der Waals surface area contributed by atoms with Crippen molar-refractivity contribution in [2.75, 3.05) is 13.2 Å². The Bertz CT molecular complexity index is 1590. The second-order valence-electron chi connectivity index (χ2n) is 10.6. The van der Waals surface area contributed by atoms with Crippen molar-refractivity contribution in [2.24, 2.45) is 0 Å². The third-order valence-electron chi connectivity index (χ3n) is 6.56. The number of aryl methyl sites for hydroxylation is 2. The highest BCUT2D eigenvalue weighted by atomic mass is 16.5. The lowest BCUT2D eigenvalue weighted by molar-refractivity contribution is -0.139. The molecule has 1 aromatic heterocycles. The Balaban J connectivity index is 1.83. The summed E-state index contributed by atoms with van der Waals surface area (Å²) in [4.78, 5) is 48.2. The summed E-state index contributed by atoms with van der Waals surface area (Å²) in [6.07, 6.45) is 4.20. The summed E-state index contributed by atoms with van der Waals surface area (Å²) in [5.41, 5.74) is 3.99. The topological polar surface area (TPSA) is 109 Å². The van der Waals surface area contributed by atoms with Crippen LogP contribution in [0.1, 0.15) is 57.6 Å². The van der Waals surface area contributed by atoms with E-state index in [0.29, 0.717) is 65.9 Å². The molecule has 0 saturated carbocycles. The van der Waals surface area contributed by atoms with Gasteiger partial charge in [-0.15, -0.1) is 0 Å². The zero-order chi connectivity index (χ0) is 31.5. The van der Waals surface area contributed by atoms with Crippen LogP contribution in [0.5, 0.6) is 5.75 Å². The summed E-state index contributed by atoms with van der Waals surface area (Å²) < 4.78 is 21.5. The maximum Gasteiger partial charge on any atom is 0.344 e. The van der Waals surface area contributed by atoms with E-state index in [1.165, 1.54) is 0 Å². The maximum absolute atomic E-state index is 13.1. The van der Waals surface area contributed by atoms with E-state index >= 15 is 0 Å². The minimum atomic E-state index is -0.527. The molecule has 0 amide bonds. The van der Waals surface area contributed by atoms with Crippen LogP contribution in [0.15, 0.2) is 88.1 Å². The molecule has 43 heavy (non-hydrogen) atoms. The van der Waals surface area contributed by atoms with Crippen molar-refractivity contribution in [1.29, 1.82) is 0 Å². The van der Waals surface area contributed by atoms with E-state index in [2.05, 4.69) is 19.7 Å². The third kappa shape index (κ3) is 9.67. The summed E-state index contributed by atoms with van der Waals surface area (Å²) in [5.74, 6) is -0.997. The summed E-state index contributed by atoms with van der Waals surface area (Å²) >= 11 is 0. The predicted molar refractivity (Wildman–Crippen MR) is 166 cm³/mol. The van der Waals surface area contributed by atoms with Gasteiger partial charge in [0.1, 0.15) is 11.3 Å². The highest BCUT2D eigenvalue weighted by molar-refractivity contribution is 5.89. The number of ether oxygens (including phenoxy) is 3. The molecule has 226 valence electrons. The Morgan fingerprint density at radius 1 is 0.721 bits per heavy atom. The lowest BCUT2D eigenvalue weighted by atomic mass is 9.97. The molecule has 0 fully saturated rings. The van der Waals surface area contributed by atoms with Crippen molar-refractivity contribution in [2.45, 2.75) is 59.3 Å². The van der Waals surface area contributed by atoms with Gasteiger partial charge in [0.05, 0.1) is 18.8 Å². The van der Waals surface area contributed by atoms with Crippen molar-refractivity contribution >= 4 is 28.9 Å². The van der Waals surface area contributed by atoms with E-state index < -0.39 is 23.5 Å². The van der Waals surface area contributed by atoms with E-state index in [0.717, 1.165) is 29.4 Å². The van der Waals surface area contributed by atoms with Crippen molar-refractivity contribution in [3.8, 4) is 16.9 Å². The minimum Gasteiger partial charge on any atom is -0.462 e. The molecule has 0 spiro atoms. The molecule has 0 saturated heterocycles. The monoisotopic (exact) mass is 586 g/mol. The van der Waals surface area contributed by atoms with Crippen LogP contribution >= 0.6 is 0 Å². The molecule has 8 heteroatoms. The molecule has 1 heterocycles. The molecular weight excluding hydrogens is 548 g/mol. The van der Waals surface area contributed by atoms with Crippen molar-refractivity contribution in [3.05, 3.63) is 100 Å². The average Bonchev–Trinajstić information content (AvgIpc) is 2.96. The summed E-state index contributed by atoms with van der Waals surface area (Å²) in [6.45, 7) is 16.1. The molecule has 8 nitrogen and oxygen atoms in total. The smallest absolute Gasteiger partial charge is 0.344 e. The molecule has 0 N–H and O–H groups in total. The normalized spacial score (nSPS) is 10.7. The average molecular weight is 587 g/mol. The standard InChI is InChI=1S/C35H38O8/c1-22(2)32(36)40-17-9-7-11-25-19-27(12-8-10-18-41-33(37)23(3)4)31-28(20-25)21-30(35(39)43-31)26-13-15-29(16-14-26)42-34(38)24(5)6/h13-16,19-21H,1,3,5,7-12,17-18H2,2,4,6H3. The van der Waals surface area contributed by atoms with E-state index in [1.807, 2.05) is 18.2 Å². The molecule has 0 aliphatic heterocycles. The fraction of sp³-hybridized carbons (Fsp3) is 0.314. The molecule has 0 atom stereocenters. The first kappa shape index (κ1) is 32.8. The Kier molecular flexibility index (Phi) is 11.8. The number of fused-ring (bicyclic) bond motifs is 1. The molecule has 0 unspecified atom stereocenters. The maximum atomic E-state index is 13.1. The van der Waals surface area contributed by atoms with E-state index in [1.54, 1.807) is 45.0 Å².